The number of hydrogen-bond donors (Lipinski definition) is 1. The van der Waals surface area contributed by atoms with Gasteiger partial charge in [-0.1, -0.05) is 52.0 Å². The van der Waals surface area contributed by atoms with Crippen LogP contribution in [0, 0.1) is 11.3 Å². The van der Waals surface area contributed by atoms with Crippen molar-refractivity contribution in [1.82, 2.24) is 19.6 Å². The third kappa shape index (κ3) is 5.49. The summed E-state index contributed by atoms with van der Waals surface area (Å²) >= 11 is 0. The number of benzene rings is 1. The SMILES string of the molecule is CCOC(=O)CCc1ccc(-c2nn3c(C4CCC(C(C)(C)C)CC4)nc(CC)c3c(=O)[nH]2)cc1. The van der Waals surface area contributed by atoms with Gasteiger partial charge in [0.25, 0.3) is 5.56 Å². The number of fused-ring (bicyclic) bond motifs is 1. The second kappa shape index (κ2) is 10.3. The number of nitrogens with zero attached hydrogens (tertiary/aromatic N) is 3. The van der Waals surface area contributed by atoms with Crippen LogP contribution in [0.3, 0.4) is 0 Å². The van der Waals surface area contributed by atoms with E-state index in [0.717, 1.165) is 35.5 Å². The molecule has 0 unspecified atom stereocenters. The van der Waals surface area contributed by atoms with E-state index in [4.69, 9.17) is 14.8 Å². The van der Waals surface area contributed by atoms with Crippen molar-refractivity contribution >= 4 is 11.5 Å². The highest BCUT2D eigenvalue weighted by molar-refractivity contribution is 5.69. The number of aromatic amines is 1. The minimum atomic E-state index is -0.191. The summed E-state index contributed by atoms with van der Waals surface area (Å²) in [7, 11) is 0. The molecule has 0 amide bonds. The van der Waals surface area contributed by atoms with Crippen LogP contribution in [0.25, 0.3) is 16.9 Å². The van der Waals surface area contributed by atoms with Gasteiger partial charge in [0.2, 0.25) is 0 Å². The maximum atomic E-state index is 13.1. The van der Waals surface area contributed by atoms with Crippen molar-refractivity contribution in [3.8, 4) is 11.4 Å². The molecule has 0 radical (unpaired) electrons. The van der Waals surface area contributed by atoms with Gasteiger partial charge in [0.1, 0.15) is 5.82 Å². The van der Waals surface area contributed by atoms with E-state index in [0.29, 0.717) is 54.5 Å². The number of esters is 1. The predicted molar refractivity (Wildman–Crippen MR) is 138 cm³/mol. The average Bonchev–Trinajstić information content (AvgIpc) is 3.22. The van der Waals surface area contributed by atoms with E-state index in [2.05, 4.69) is 25.8 Å². The van der Waals surface area contributed by atoms with Gasteiger partial charge in [-0.05, 0) is 62.3 Å². The summed E-state index contributed by atoms with van der Waals surface area (Å²) in [5, 5.41) is 4.87. The maximum Gasteiger partial charge on any atom is 0.306 e. The second-order valence-corrected chi connectivity index (χ2v) is 10.7. The molecule has 0 bridgehead atoms. The molecule has 1 aliphatic carbocycles. The number of H-pyrrole nitrogens is 1. The highest BCUT2D eigenvalue weighted by Gasteiger charge is 2.32. The zero-order valence-corrected chi connectivity index (χ0v) is 21.7. The number of carbonyl (C=O) groups excluding carboxylic acids is 1. The predicted octanol–water partition coefficient (Wildman–Crippen LogP) is 5.46. The summed E-state index contributed by atoms with van der Waals surface area (Å²) in [6.07, 6.45) is 6.16. The molecule has 188 valence electrons. The van der Waals surface area contributed by atoms with Gasteiger partial charge in [0.05, 0.1) is 12.3 Å². The lowest BCUT2D eigenvalue weighted by Gasteiger charge is -2.36. The third-order valence-corrected chi connectivity index (χ3v) is 7.40. The molecule has 0 atom stereocenters. The van der Waals surface area contributed by atoms with E-state index in [9.17, 15) is 9.59 Å². The summed E-state index contributed by atoms with van der Waals surface area (Å²) < 4.78 is 6.82. The number of carbonyl (C=O) groups is 1. The van der Waals surface area contributed by atoms with E-state index in [1.807, 2.05) is 42.6 Å². The van der Waals surface area contributed by atoms with Crippen LogP contribution < -0.4 is 5.56 Å². The number of nitrogens with one attached hydrogen (secondary N) is 1. The van der Waals surface area contributed by atoms with Gasteiger partial charge >= 0.3 is 5.97 Å². The number of ether oxygens (including phenoxy) is 1. The lowest BCUT2D eigenvalue weighted by atomic mass is 9.70. The molecule has 1 saturated carbocycles. The fourth-order valence-corrected chi connectivity index (χ4v) is 5.26. The first-order chi connectivity index (χ1) is 16.7. The monoisotopic (exact) mass is 478 g/mol. The van der Waals surface area contributed by atoms with Crippen LogP contribution in [0.2, 0.25) is 0 Å². The van der Waals surface area contributed by atoms with Crippen LogP contribution in [-0.4, -0.2) is 32.2 Å². The summed E-state index contributed by atoms with van der Waals surface area (Å²) in [5.74, 6) is 2.29. The highest BCUT2D eigenvalue weighted by atomic mass is 16.5. The molecule has 2 aromatic heterocycles. The number of aryl methyl sites for hydroxylation is 2. The van der Waals surface area contributed by atoms with E-state index >= 15 is 0 Å². The van der Waals surface area contributed by atoms with E-state index in [1.165, 1.54) is 12.8 Å². The standard InChI is InChI=1S/C28H38N4O3/c1-6-22-24-27(34)30-25(19-11-8-18(9-12-19)10-17-23(33)35-7-2)31-32(24)26(29-22)20-13-15-21(16-14-20)28(3,4)5/h8-9,11-12,20-21H,6-7,10,13-17H2,1-5H3,(H,30,31,34). The van der Waals surface area contributed by atoms with Gasteiger partial charge in [-0.2, -0.15) is 0 Å². The lowest BCUT2D eigenvalue weighted by molar-refractivity contribution is -0.143. The third-order valence-electron chi connectivity index (χ3n) is 7.40. The quantitative estimate of drug-likeness (QED) is 0.455. The Kier molecular flexibility index (Phi) is 7.43. The molecule has 1 N–H and O–H groups in total. The van der Waals surface area contributed by atoms with Crippen molar-refractivity contribution in [1.29, 1.82) is 0 Å². The molecular weight excluding hydrogens is 440 g/mol. The Labute approximate surface area is 207 Å². The van der Waals surface area contributed by atoms with Crippen LogP contribution in [-0.2, 0) is 22.4 Å². The zero-order valence-electron chi connectivity index (χ0n) is 21.7. The molecule has 35 heavy (non-hydrogen) atoms. The second-order valence-electron chi connectivity index (χ2n) is 10.7. The summed E-state index contributed by atoms with van der Waals surface area (Å²) in [6.45, 7) is 11.2. The van der Waals surface area contributed by atoms with Gasteiger partial charge in [0, 0.05) is 17.9 Å². The fraction of sp³-hybridized carbons (Fsp3) is 0.571. The Balaban J connectivity index is 1.61. The topological polar surface area (TPSA) is 89.3 Å². The smallest absolute Gasteiger partial charge is 0.306 e. The van der Waals surface area contributed by atoms with Crippen molar-refractivity contribution in [2.24, 2.45) is 11.3 Å². The number of rotatable bonds is 7. The van der Waals surface area contributed by atoms with E-state index in [-0.39, 0.29) is 11.5 Å². The minimum Gasteiger partial charge on any atom is -0.466 e. The first-order valence-corrected chi connectivity index (χ1v) is 13.0. The molecule has 3 aromatic rings. The molecule has 4 rings (SSSR count). The number of imidazole rings is 1. The first kappa shape index (κ1) is 25.1. The molecule has 7 heteroatoms. The molecule has 0 spiro atoms. The molecular formula is C28H38N4O3. The van der Waals surface area contributed by atoms with Gasteiger partial charge in [-0.25, -0.2) is 9.50 Å². The Morgan fingerprint density at radius 2 is 1.80 bits per heavy atom. The van der Waals surface area contributed by atoms with Crippen molar-refractivity contribution in [3.63, 3.8) is 0 Å². The Hall–Kier alpha value is -2.96. The Morgan fingerprint density at radius 3 is 2.40 bits per heavy atom. The molecule has 2 heterocycles. The zero-order chi connectivity index (χ0) is 25.2. The van der Waals surface area contributed by atoms with Crippen molar-refractivity contribution in [2.75, 3.05) is 6.61 Å². The van der Waals surface area contributed by atoms with Crippen LogP contribution in [0.5, 0.6) is 0 Å². The molecule has 1 fully saturated rings. The van der Waals surface area contributed by atoms with Crippen LogP contribution in [0.1, 0.15) is 89.7 Å². The van der Waals surface area contributed by atoms with E-state index < -0.39 is 0 Å². The van der Waals surface area contributed by atoms with E-state index in [1.54, 1.807) is 0 Å². The van der Waals surface area contributed by atoms with Crippen LogP contribution in [0.15, 0.2) is 29.1 Å². The maximum absolute atomic E-state index is 13.1. The Bertz CT molecular complexity index is 1230. The minimum absolute atomic E-state index is 0.152. The van der Waals surface area contributed by atoms with Gasteiger partial charge in [0.15, 0.2) is 11.3 Å². The van der Waals surface area contributed by atoms with Crippen molar-refractivity contribution < 1.29 is 9.53 Å². The number of hydrogen-bond acceptors (Lipinski definition) is 5. The normalized spacial score (nSPS) is 18.7. The van der Waals surface area contributed by atoms with Crippen molar-refractivity contribution in [2.45, 2.75) is 85.5 Å². The molecule has 0 aliphatic heterocycles. The molecule has 1 aliphatic rings. The highest BCUT2D eigenvalue weighted by Crippen LogP contribution is 2.43. The molecule has 7 nitrogen and oxygen atoms in total. The van der Waals surface area contributed by atoms with Gasteiger partial charge in [-0.15, -0.1) is 5.10 Å². The lowest BCUT2D eigenvalue weighted by Crippen LogP contribution is -2.26. The summed E-state index contributed by atoms with van der Waals surface area (Å²) in [5.41, 5.74) is 3.41. The fourth-order valence-electron chi connectivity index (χ4n) is 5.26. The molecule has 0 saturated heterocycles. The summed E-state index contributed by atoms with van der Waals surface area (Å²) in [6, 6.07) is 7.82. The van der Waals surface area contributed by atoms with Crippen LogP contribution >= 0.6 is 0 Å². The van der Waals surface area contributed by atoms with Gasteiger partial charge < -0.3 is 9.72 Å². The van der Waals surface area contributed by atoms with Crippen LogP contribution in [0.4, 0.5) is 0 Å². The average molecular weight is 479 g/mol. The molecule has 1 aromatic carbocycles. The largest absolute Gasteiger partial charge is 0.466 e. The number of aromatic nitrogens is 4. The first-order valence-electron chi connectivity index (χ1n) is 13.0. The Morgan fingerprint density at radius 1 is 1.11 bits per heavy atom. The van der Waals surface area contributed by atoms with Crippen molar-refractivity contribution in [3.05, 3.63) is 51.7 Å². The van der Waals surface area contributed by atoms with Gasteiger partial charge in [-0.3, -0.25) is 9.59 Å². The summed E-state index contributed by atoms with van der Waals surface area (Å²) in [4.78, 5) is 32.7.